The minimum Gasteiger partial charge on any atom is -0.493 e. The van der Waals surface area contributed by atoms with E-state index in [2.05, 4.69) is 5.32 Å². The fraction of sp³-hybridized carbons (Fsp3) is 0.357. The van der Waals surface area contributed by atoms with E-state index >= 15 is 0 Å². The number of carbonyl (C=O) groups excluding carboxylic acids is 2. The maximum Gasteiger partial charge on any atom is 0.322 e. The van der Waals surface area contributed by atoms with E-state index < -0.39 is 17.7 Å². The third-order valence-corrected chi connectivity index (χ3v) is 7.06. The largest absolute Gasteiger partial charge is 0.493 e. The highest BCUT2D eigenvalue weighted by atomic mass is 32.1. The van der Waals surface area contributed by atoms with Gasteiger partial charge in [-0.05, 0) is 66.6 Å². The van der Waals surface area contributed by atoms with Crippen LogP contribution in [-0.4, -0.2) is 55.6 Å². The first-order chi connectivity index (χ1) is 18.2. The van der Waals surface area contributed by atoms with E-state index in [1.807, 2.05) is 43.5 Å². The molecule has 0 atom stereocenters. The molecule has 0 bridgehead atoms. The quantitative estimate of drug-likeness (QED) is 0.309. The smallest absolute Gasteiger partial charge is 0.322 e. The van der Waals surface area contributed by atoms with Crippen LogP contribution in [0.3, 0.4) is 0 Å². The molecule has 3 amide bonds. The number of anilines is 1. The van der Waals surface area contributed by atoms with E-state index in [0.29, 0.717) is 50.0 Å². The van der Waals surface area contributed by atoms with Crippen LogP contribution in [0.5, 0.6) is 11.5 Å². The van der Waals surface area contributed by atoms with Crippen molar-refractivity contribution in [1.82, 2.24) is 9.80 Å². The Morgan fingerprint density at radius 3 is 2.37 bits per heavy atom. The molecule has 0 radical (unpaired) electrons. The lowest BCUT2D eigenvalue weighted by atomic mass is 10.1. The van der Waals surface area contributed by atoms with Gasteiger partial charge in [-0.3, -0.25) is 4.79 Å². The van der Waals surface area contributed by atoms with Crippen molar-refractivity contribution in [3.63, 3.8) is 0 Å². The predicted octanol–water partition coefficient (Wildman–Crippen LogP) is 5.87. The van der Waals surface area contributed by atoms with Gasteiger partial charge in [0, 0.05) is 24.0 Å². The van der Waals surface area contributed by atoms with Crippen molar-refractivity contribution in [1.29, 1.82) is 0 Å². The number of aryl methyl sites for hydroxylation is 1. The van der Waals surface area contributed by atoms with Gasteiger partial charge >= 0.3 is 6.03 Å². The lowest BCUT2D eigenvalue weighted by Gasteiger charge is -2.28. The zero-order chi connectivity index (χ0) is 27.7. The maximum atomic E-state index is 14.1. The SMILES string of the molecule is CCCN(CC(=O)N(CCc1ccc(OC)c(OC)c1)Cc1sccc1C)C(=O)Nc1ccc(F)cc1F. The average Bonchev–Trinajstić information content (AvgIpc) is 3.31. The van der Waals surface area contributed by atoms with Gasteiger partial charge in [0.05, 0.1) is 26.5 Å². The first-order valence-electron chi connectivity index (χ1n) is 12.3. The molecule has 1 heterocycles. The monoisotopic (exact) mass is 545 g/mol. The van der Waals surface area contributed by atoms with Crippen molar-refractivity contribution in [2.75, 3.05) is 39.2 Å². The molecule has 1 N–H and O–H groups in total. The van der Waals surface area contributed by atoms with Crippen LogP contribution in [0.4, 0.5) is 19.3 Å². The summed E-state index contributed by atoms with van der Waals surface area (Å²) in [6.45, 7) is 4.81. The standard InChI is InChI=1S/C28H33F2N3O4S/c1-5-12-33(28(35)31-23-8-7-21(29)16-22(23)30)18-27(34)32(17-26-19(2)11-14-38-26)13-10-20-6-9-24(36-3)25(15-20)37-4/h6-9,11,14-16H,5,10,12-13,17-18H2,1-4H3,(H,31,35). The number of thiophene rings is 1. The van der Waals surface area contributed by atoms with Gasteiger partial charge in [0.2, 0.25) is 5.91 Å². The van der Waals surface area contributed by atoms with E-state index in [9.17, 15) is 18.4 Å². The number of halogens is 2. The summed E-state index contributed by atoms with van der Waals surface area (Å²) in [4.78, 5) is 30.6. The zero-order valence-electron chi connectivity index (χ0n) is 22.1. The van der Waals surface area contributed by atoms with Gasteiger partial charge in [0.25, 0.3) is 0 Å². The van der Waals surface area contributed by atoms with Crippen LogP contribution in [0.15, 0.2) is 47.8 Å². The summed E-state index contributed by atoms with van der Waals surface area (Å²) in [6, 6.07) is 9.93. The van der Waals surface area contributed by atoms with E-state index in [-0.39, 0.29) is 18.1 Å². The molecule has 38 heavy (non-hydrogen) atoms. The zero-order valence-corrected chi connectivity index (χ0v) is 22.9. The predicted molar refractivity (Wildman–Crippen MR) is 145 cm³/mol. The highest BCUT2D eigenvalue weighted by Gasteiger charge is 2.23. The number of carbonyl (C=O) groups is 2. The molecule has 0 saturated carbocycles. The minimum absolute atomic E-state index is 0.149. The van der Waals surface area contributed by atoms with Gasteiger partial charge in [0.15, 0.2) is 11.5 Å². The number of amides is 3. The van der Waals surface area contributed by atoms with Crippen molar-refractivity contribution in [3.05, 3.63) is 75.5 Å². The van der Waals surface area contributed by atoms with Crippen LogP contribution >= 0.6 is 11.3 Å². The van der Waals surface area contributed by atoms with Crippen LogP contribution in [0.25, 0.3) is 0 Å². The second-order valence-electron chi connectivity index (χ2n) is 8.76. The molecule has 0 unspecified atom stereocenters. The Morgan fingerprint density at radius 2 is 1.74 bits per heavy atom. The molecular weight excluding hydrogens is 512 g/mol. The summed E-state index contributed by atoms with van der Waals surface area (Å²) < 4.78 is 38.1. The average molecular weight is 546 g/mol. The summed E-state index contributed by atoms with van der Waals surface area (Å²) in [7, 11) is 3.14. The number of hydrogen-bond donors (Lipinski definition) is 1. The lowest BCUT2D eigenvalue weighted by Crippen LogP contribution is -2.45. The summed E-state index contributed by atoms with van der Waals surface area (Å²) in [5.41, 5.74) is 1.91. The first-order valence-corrected chi connectivity index (χ1v) is 13.2. The molecule has 2 aromatic carbocycles. The van der Waals surface area contributed by atoms with Gasteiger partial charge < -0.3 is 24.6 Å². The van der Waals surface area contributed by atoms with Gasteiger partial charge in [-0.15, -0.1) is 11.3 Å². The van der Waals surface area contributed by atoms with Crippen LogP contribution in [-0.2, 0) is 17.8 Å². The minimum atomic E-state index is -0.883. The summed E-state index contributed by atoms with van der Waals surface area (Å²) in [5, 5.41) is 4.44. The Morgan fingerprint density at radius 1 is 0.974 bits per heavy atom. The number of benzene rings is 2. The van der Waals surface area contributed by atoms with E-state index in [1.165, 1.54) is 4.90 Å². The molecule has 204 valence electrons. The van der Waals surface area contributed by atoms with Crippen molar-refractivity contribution >= 4 is 29.0 Å². The molecular formula is C28H33F2N3O4S. The molecule has 3 aromatic rings. The first kappa shape index (κ1) is 28.9. The summed E-state index contributed by atoms with van der Waals surface area (Å²) in [6.07, 6.45) is 1.17. The van der Waals surface area contributed by atoms with E-state index in [0.717, 1.165) is 28.1 Å². The van der Waals surface area contributed by atoms with E-state index in [1.54, 1.807) is 30.5 Å². The van der Waals surface area contributed by atoms with Gasteiger partial charge in [-0.1, -0.05) is 13.0 Å². The highest BCUT2D eigenvalue weighted by molar-refractivity contribution is 7.10. The third-order valence-electron chi connectivity index (χ3n) is 6.05. The number of nitrogens with one attached hydrogen (secondary N) is 1. The van der Waals surface area contributed by atoms with Crippen molar-refractivity contribution in [2.45, 2.75) is 33.2 Å². The Labute approximate surface area is 226 Å². The molecule has 0 aliphatic heterocycles. The van der Waals surface area contributed by atoms with Gasteiger partial charge in [-0.2, -0.15) is 0 Å². The Bertz CT molecular complexity index is 1250. The van der Waals surface area contributed by atoms with Crippen LogP contribution in [0.2, 0.25) is 0 Å². The highest BCUT2D eigenvalue weighted by Crippen LogP contribution is 2.28. The molecule has 0 aliphatic carbocycles. The van der Waals surface area contributed by atoms with Gasteiger partial charge in [-0.25, -0.2) is 13.6 Å². The molecule has 0 saturated heterocycles. The van der Waals surface area contributed by atoms with Crippen LogP contribution in [0, 0.1) is 18.6 Å². The summed E-state index contributed by atoms with van der Waals surface area (Å²) in [5.74, 6) is -0.629. The summed E-state index contributed by atoms with van der Waals surface area (Å²) >= 11 is 1.57. The second-order valence-corrected chi connectivity index (χ2v) is 9.76. The van der Waals surface area contributed by atoms with Gasteiger partial charge in [0.1, 0.15) is 18.2 Å². The molecule has 3 rings (SSSR count). The Balaban J connectivity index is 1.76. The number of hydrogen-bond acceptors (Lipinski definition) is 5. The molecule has 0 fully saturated rings. The second kappa shape index (κ2) is 13.8. The number of rotatable bonds is 12. The van der Waals surface area contributed by atoms with E-state index in [4.69, 9.17) is 9.47 Å². The number of urea groups is 1. The molecule has 7 nitrogen and oxygen atoms in total. The fourth-order valence-electron chi connectivity index (χ4n) is 3.90. The number of methoxy groups -OCH3 is 2. The Kier molecular flexibility index (Phi) is 10.5. The maximum absolute atomic E-state index is 14.1. The molecule has 10 heteroatoms. The molecule has 0 aliphatic rings. The van der Waals surface area contributed by atoms with Crippen LogP contribution in [0.1, 0.15) is 29.3 Å². The van der Waals surface area contributed by atoms with Crippen molar-refractivity contribution in [3.8, 4) is 11.5 Å². The molecule has 1 aromatic heterocycles. The Hall–Kier alpha value is -3.66. The third kappa shape index (κ3) is 7.67. The lowest BCUT2D eigenvalue weighted by molar-refractivity contribution is -0.132. The van der Waals surface area contributed by atoms with Crippen molar-refractivity contribution in [2.24, 2.45) is 0 Å². The normalized spacial score (nSPS) is 10.7. The number of nitrogens with zero attached hydrogens (tertiary/aromatic N) is 2. The number of ether oxygens (including phenoxy) is 2. The fourth-order valence-corrected chi connectivity index (χ4v) is 4.82. The topological polar surface area (TPSA) is 71.1 Å². The van der Waals surface area contributed by atoms with Crippen molar-refractivity contribution < 1.29 is 27.8 Å². The molecule has 0 spiro atoms. The van der Waals surface area contributed by atoms with Crippen LogP contribution < -0.4 is 14.8 Å².